The normalized spacial score (nSPS) is 12.3. The highest BCUT2D eigenvalue weighted by atomic mass is 35.5. The molecular formula is C16H15ClN4OS. The standard InChI is InChI=1S/C16H15ClN4OS/c1-10(15(22)21(2)12-6-4-3-5-7-12)23-16-19-13-8-11(17)9-18-14(13)20-16/h3-10H,1-2H3,(H,18,19,20)/t10-/m0/s1. The van der Waals surface area contributed by atoms with E-state index in [2.05, 4.69) is 15.0 Å². The van der Waals surface area contributed by atoms with Gasteiger partial charge in [0.2, 0.25) is 5.91 Å². The fourth-order valence-electron chi connectivity index (χ4n) is 2.18. The molecule has 5 nitrogen and oxygen atoms in total. The van der Waals surface area contributed by atoms with Crippen LogP contribution in [0.15, 0.2) is 47.8 Å². The molecule has 23 heavy (non-hydrogen) atoms. The van der Waals surface area contributed by atoms with Gasteiger partial charge in [-0.25, -0.2) is 9.97 Å². The quantitative estimate of drug-likeness (QED) is 0.731. The molecule has 1 N–H and O–H groups in total. The van der Waals surface area contributed by atoms with Gasteiger partial charge in [0.1, 0.15) is 0 Å². The molecule has 0 saturated heterocycles. The summed E-state index contributed by atoms with van der Waals surface area (Å²) in [4.78, 5) is 25.9. The summed E-state index contributed by atoms with van der Waals surface area (Å²) in [5.74, 6) is 0.00708. The van der Waals surface area contributed by atoms with Crippen LogP contribution in [0.2, 0.25) is 5.02 Å². The second-order valence-electron chi connectivity index (χ2n) is 5.06. The van der Waals surface area contributed by atoms with Crippen LogP contribution in [0.1, 0.15) is 6.92 Å². The van der Waals surface area contributed by atoms with E-state index < -0.39 is 0 Å². The van der Waals surface area contributed by atoms with Crippen LogP contribution in [0.3, 0.4) is 0 Å². The summed E-state index contributed by atoms with van der Waals surface area (Å²) in [5, 5.41) is 0.916. The van der Waals surface area contributed by atoms with Gasteiger partial charge in [0.25, 0.3) is 0 Å². The molecule has 0 aliphatic rings. The van der Waals surface area contributed by atoms with Crippen molar-refractivity contribution < 1.29 is 4.79 Å². The molecule has 0 fully saturated rings. The van der Waals surface area contributed by atoms with Crippen molar-refractivity contribution in [2.24, 2.45) is 0 Å². The van der Waals surface area contributed by atoms with Gasteiger partial charge in [-0.05, 0) is 25.1 Å². The summed E-state index contributed by atoms with van der Waals surface area (Å²) < 4.78 is 0. The van der Waals surface area contributed by atoms with Gasteiger partial charge in [0, 0.05) is 18.9 Å². The van der Waals surface area contributed by atoms with Gasteiger partial charge in [-0.15, -0.1) is 0 Å². The van der Waals surface area contributed by atoms with E-state index in [4.69, 9.17) is 11.6 Å². The van der Waals surface area contributed by atoms with E-state index in [0.717, 1.165) is 11.2 Å². The summed E-state index contributed by atoms with van der Waals surface area (Å²) in [6.45, 7) is 1.86. The molecule has 1 aromatic carbocycles. The Morgan fingerprint density at radius 1 is 1.35 bits per heavy atom. The minimum absolute atomic E-state index is 0.00708. The van der Waals surface area contributed by atoms with Crippen molar-refractivity contribution in [2.75, 3.05) is 11.9 Å². The van der Waals surface area contributed by atoms with E-state index in [0.29, 0.717) is 15.8 Å². The topological polar surface area (TPSA) is 61.9 Å². The number of nitrogens with one attached hydrogen (secondary N) is 1. The minimum atomic E-state index is -0.281. The molecule has 2 heterocycles. The smallest absolute Gasteiger partial charge is 0.240 e. The number of carbonyl (C=O) groups is 1. The number of amides is 1. The Hall–Kier alpha value is -2.05. The third-order valence-electron chi connectivity index (χ3n) is 3.39. The monoisotopic (exact) mass is 346 g/mol. The van der Waals surface area contributed by atoms with Gasteiger partial charge in [-0.3, -0.25) is 4.79 Å². The van der Waals surface area contributed by atoms with E-state index in [1.165, 1.54) is 11.8 Å². The molecule has 0 saturated carbocycles. The van der Waals surface area contributed by atoms with Crippen molar-refractivity contribution in [3.63, 3.8) is 0 Å². The number of pyridine rings is 1. The van der Waals surface area contributed by atoms with Crippen LogP contribution < -0.4 is 4.90 Å². The first kappa shape index (κ1) is 15.8. The molecule has 1 amide bonds. The van der Waals surface area contributed by atoms with E-state index in [1.807, 2.05) is 37.3 Å². The lowest BCUT2D eigenvalue weighted by Crippen LogP contribution is -2.33. The first-order valence-corrected chi connectivity index (χ1v) is 8.31. The van der Waals surface area contributed by atoms with Crippen LogP contribution in [0.5, 0.6) is 0 Å². The van der Waals surface area contributed by atoms with Crippen molar-refractivity contribution in [3.8, 4) is 0 Å². The number of para-hydroxylation sites is 1. The van der Waals surface area contributed by atoms with Crippen LogP contribution in [0, 0.1) is 0 Å². The largest absolute Gasteiger partial charge is 0.331 e. The highest BCUT2D eigenvalue weighted by Crippen LogP contribution is 2.26. The average molecular weight is 347 g/mol. The van der Waals surface area contributed by atoms with Crippen molar-refractivity contribution in [2.45, 2.75) is 17.3 Å². The highest BCUT2D eigenvalue weighted by molar-refractivity contribution is 8.00. The summed E-state index contributed by atoms with van der Waals surface area (Å²) in [5.41, 5.74) is 2.21. The molecule has 0 aliphatic heterocycles. The van der Waals surface area contributed by atoms with Crippen molar-refractivity contribution in [1.82, 2.24) is 15.0 Å². The number of benzene rings is 1. The number of carbonyl (C=O) groups excluding carboxylic acids is 1. The molecule has 1 atom stereocenters. The van der Waals surface area contributed by atoms with E-state index in [9.17, 15) is 4.79 Å². The molecule has 2 aromatic heterocycles. The summed E-state index contributed by atoms with van der Waals surface area (Å²) in [7, 11) is 1.77. The maximum Gasteiger partial charge on any atom is 0.240 e. The second kappa shape index (κ2) is 6.60. The lowest BCUT2D eigenvalue weighted by molar-refractivity contribution is -0.117. The number of halogens is 1. The Morgan fingerprint density at radius 2 is 2.09 bits per heavy atom. The van der Waals surface area contributed by atoms with Crippen LogP contribution >= 0.6 is 23.4 Å². The number of nitrogens with zero attached hydrogens (tertiary/aromatic N) is 3. The Morgan fingerprint density at radius 3 is 2.83 bits per heavy atom. The molecule has 0 aliphatic carbocycles. The van der Waals surface area contributed by atoms with Gasteiger partial charge < -0.3 is 9.88 Å². The molecule has 0 bridgehead atoms. The predicted molar refractivity (Wildman–Crippen MR) is 94.1 cm³/mol. The molecule has 0 radical (unpaired) electrons. The maximum atomic E-state index is 12.5. The Kier molecular flexibility index (Phi) is 4.54. The summed E-state index contributed by atoms with van der Waals surface area (Å²) in [6.07, 6.45) is 1.55. The molecule has 3 rings (SSSR count). The Labute approximate surface area is 143 Å². The third kappa shape index (κ3) is 3.48. The number of hydrogen-bond acceptors (Lipinski definition) is 4. The number of imidazole rings is 1. The fraction of sp³-hybridized carbons (Fsp3) is 0.188. The lowest BCUT2D eigenvalue weighted by atomic mass is 10.3. The van der Waals surface area contributed by atoms with Gasteiger partial charge in [0.15, 0.2) is 10.8 Å². The number of aromatic nitrogens is 3. The van der Waals surface area contributed by atoms with Gasteiger partial charge >= 0.3 is 0 Å². The number of thioether (sulfide) groups is 1. The number of hydrogen-bond donors (Lipinski definition) is 1. The Balaban J connectivity index is 1.74. The third-order valence-corrected chi connectivity index (χ3v) is 4.57. The van der Waals surface area contributed by atoms with Crippen LogP contribution in [0.25, 0.3) is 11.2 Å². The molecule has 3 aromatic rings. The number of anilines is 1. The fourth-order valence-corrected chi connectivity index (χ4v) is 3.24. The van der Waals surface area contributed by atoms with Gasteiger partial charge in [-0.2, -0.15) is 0 Å². The van der Waals surface area contributed by atoms with Crippen molar-refractivity contribution >= 4 is 46.1 Å². The Bertz CT molecular complexity index is 836. The number of aromatic amines is 1. The van der Waals surface area contributed by atoms with Crippen molar-refractivity contribution in [3.05, 3.63) is 47.6 Å². The SMILES string of the molecule is C[C@H](Sc1nc2ncc(Cl)cc2[nH]1)C(=O)N(C)c1ccccc1. The van der Waals surface area contributed by atoms with Crippen LogP contribution in [0.4, 0.5) is 5.69 Å². The van der Waals surface area contributed by atoms with Crippen molar-refractivity contribution in [1.29, 1.82) is 0 Å². The summed E-state index contributed by atoms with van der Waals surface area (Å²) >= 11 is 7.28. The molecule has 118 valence electrons. The van der Waals surface area contributed by atoms with E-state index >= 15 is 0 Å². The van der Waals surface area contributed by atoms with E-state index in [1.54, 1.807) is 24.2 Å². The number of rotatable bonds is 4. The molecule has 0 spiro atoms. The van der Waals surface area contributed by atoms with E-state index in [-0.39, 0.29) is 11.2 Å². The molecular weight excluding hydrogens is 332 g/mol. The highest BCUT2D eigenvalue weighted by Gasteiger charge is 2.21. The number of H-pyrrole nitrogens is 1. The van der Waals surface area contributed by atoms with Crippen LogP contribution in [-0.4, -0.2) is 33.2 Å². The lowest BCUT2D eigenvalue weighted by Gasteiger charge is -2.20. The average Bonchev–Trinajstić information content (AvgIpc) is 2.95. The first-order valence-electron chi connectivity index (χ1n) is 7.05. The molecule has 7 heteroatoms. The summed E-state index contributed by atoms with van der Waals surface area (Å²) in [6, 6.07) is 11.3. The molecule has 0 unspecified atom stereocenters. The van der Waals surface area contributed by atoms with Crippen LogP contribution in [-0.2, 0) is 4.79 Å². The second-order valence-corrected chi connectivity index (χ2v) is 6.83. The number of fused-ring (bicyclic) bond motifs is 1. The van der Waals surface area contributed by atoms with Gasteiger partial charge in [-0.1, -0.05) is 41.6 Å². The predicted octanol–water partition coefficient (Wildman–Crippen LogP) is 3.75. The zero-order chi connectivity index (χ0) is 16.4. The zero-order valence-corrected chi connectivity index (χ0v) is 14.2. The minimum Gasteiger partial charge on any atom is -0.331 e. The maximum absolute atomic E-state index is 12.5. The zero-order valence-electron chi connectivity index (χ0n) is 12.7. The first-order chi connectivity index (χ1) is 11.0. The van der Waals surface area contributed by atoms with Gasteiger partial charge in [0.05, 0.1) is 15.8 Å².